The number of amides is 2. The molecule has 9 nitrogen and oxygen atoms in total. The van der Waals surface area contributed by atoms with Gasteiger partial charge in [-0.15, -0.1) is 11.3 Å². The lowest BCUT2D eigenvalue weighted by Gasteiger charge is -2.17. The van der Waals surface area contributed by atoms with Gasteiger partial charge in [-0.25, -0.2) is 14.6 Å². The second-order valence-electron chi connectivity index (χ2n) is 11.2. The molecule has 7 rings (SSSR count). The second-order valence-corrected chi connectivity index (χ2v) is 13.1. The minimum Gasteiger partial charge on any atom is -0.486 e. The van der Waals surface area contributed by atoms with Gasteiger partial charge >= 0.3 is 6.18 Å². The van der Waals surface area contributed by atoms with Crippen molar-refractivity contribution in [1.29, 1.82) is 0 Å². The molecule has 3 heterocycles. The van der Waals surface area contributed by atoms with Crippen LogP contribution in [0, 0.1) is 6.92 Å². The van der Waals surface area contributed by atoms with Gasteiger partial charge in [0.15, 0.2) is 11.5 Å². The highest BCUT2D eigenvalue weighted by Gasteiger charge is 2.37. The molecule has 51 heavy (non-hydrogen) atoms. The SMILES string of the molecule is Cc1cc(OCc2nc3ccccc3s2)ccc1NC(=O)c1cc2ccccc2c(Cl)c1NC(=O)c1cc(C(F)(F)F)nn1-c1ncccc1Cl. The van der Waals surface area contributed by atoms with Crippen LogP contribution >= 0.6 is 34.5 Å². The molecule has 0 radical (unpaired) electrons. The number of para-hydroxylation sites is 1. The maximum Gasteiger partial charge on any atom is 0.435 e. The summed E-state index contributed by atoms with van der Waals surface area (Å²) in [6.45, 7) is 2.05. The minimum absolute atomic E-state index is 0.0000963. The molecule has 0 spiro atoms. The van der Waals surface area contributed by atoms with E-state index in [1.54, 1.807) is 60.7 Å². The molecule has 0 aliphatic carbocycles. The normalized spacial score (nSPS) is 11.6. The summed E-state index contributed by atoms with van der Waals surface area (Å²) in [5.74, 6) is -1.32. The number of hydrogen-bond acceptors (Lipinski definition) is 7. The molecule has 3 aromatic heterocycles. The first-order valence-corrected chi connectivity index (χ1v) is 16.7. The Balaban J connectivity index is 1.18. The number of aryl methyl sites for hydroxylation is 1. The van der Waals surface area contributed by atoms with Crippen LogP contribution in [-0.4, -0.2) is 31.6 Å². The number of ether oxygens (including phenoxy) is 1. The van der Waals surface area contributed by atoms with Crippen molar-refractivity contribution < 1.29 is 27.5 Å². The lowest BCUT2D eigenvalue weighted by atomic mass is 10.0. The maximum absolute atomic E-state index is 13.9. The fourth-order valence-corrected chi connectivity index (χ4v) is 6.74. The van der Waals surface area contributed by atoms with Crippen molar-refractivity contribution in [3.05, 3.63) is 135 Å². The molecule has 0 saturated carbocycles. The zero-order chi connectivity index (χ0) is 35.9. The molecule has 256 valence electrons. The Morgan fingerprint density at radius 1 is 0.922 bits per heavy atom. The molecule has 7 aromatic rings. The third-order valence-corrected chi connectivity index (χ3v) is 9.49. The Labute approximate surface area is 301 Å². The Morgan fingerprint density at radius 2 is 1.71 bits per heavy atom. The van der Waals surface area contributed by atoms with Crippen molar-refractivity contribution in [3.8, 4) is 11.6 Å². The fraction of sp³-hybridized carbons (Fsp3) is 0.0833. The van der Waals surface area contributed by atoms with E-state index in [1.807, 2.05) is 24.3 Å². The summed E-state index contributed by atoms with van der Waals surface area (Å²) in [7, 11) is 0. The van der Waals surface area contributed by atoms with Gasteiger partial charge in [0.05, 0.1) is 31.5 Å². The number of nitrogens with zero attached hydrogens (tertiary/aromatic N) is 4. The quantitative estimate of drug-likeness (QED) is 0.160. The van der Waals surface area contributed by atoms with Crippen molar-refractivity contribution >= 4 is 78.7 Å². The van der Waals surface area contributed by atoms with Crippen molar-refractivity contribution in [1.82, 2.24) is 19.7 Å². The van der Waals surface area contributed by atoms with Crippen LogP contribution in [0.4, 0.5) is 24.5 Å². The van der Waals surface area contributed by atoms with Crippen molar-refractivity contribution in [3.63, 3.8) is 0 Å². The molecule has 0 atom stereocenters. The number of nitrogens with one attached hydrogen (secondary N) is 2. The molecule has 2 N–H and O–H groups in total. The number of carbonyl (C=O) groups is 2. The summed E-state index contributed by atoms with van der Waals surface area (Å²) < 4.78 is 49.1. The number of benzene rings is 4. The number of pyridine rings is 1. The minimum atomic E-state index is -4.89. The molecule has 2 amide bonds. The number of alkyl halides is 3. The molecule has 0 aliphatic heterocycles. The molecule has 4 aromatic carbocycles. The zero-order valence-corrected chi connectivity index (χ0v) is 28.6. The van der Waals surface area contributed by atoms with E-state index in [-0.39, 0.29) is 33.7 Å². The summed E-state index contributed by atoms with van der Waals surface area (Å²) in [6, 6.07) is 24.8. The molecule has 0 fully saturated rings. The molecular formula is C36H23Cl2F3N6O3S. The standard InChI is InChI=1S/C36H23Cl2F3N6O3S/c1-19-15-21(50-18-30-43-26-10-4-5-11-28(26)51-30)12-13-25(19)44-34(48)23-16-20-7-2-3-8-22(20)31(38)32(23)45-35(49)27-17-29(36(39,40)41)46-47(27)33-24(37)9-6-14-42-33/h2-17H,18H2,1H3,(H,44,48)(H,45,49). The summed E-state index contributed by atoms with van der Waals surface area (Å²) in [5.41, 5.74) is -0.0324. The number of fused-ring (bicyclic) bond motifs is 2. The van der Waals surface area contributed by atoms with Gasteiger partial charge in [-0.1, -0.05) is 59.6 Å². The molecule has 0 saturated heterocycles. The first-order valence-electron chi connectivity index (χ1n) is 15.2. The summed E-state index contributed by atoms with van der Waals surface area (Å²) in [4.78, 5) is 36.3. The van der Waals surface area contributed by atoms with Gasteiger partial charge in [0.25, 0.3) is 11.8 Å². The van der Waals surface area contributed by atoms with E-state index in [0.29, 0.717) is 38.5 Å². The third-order valence-electron chi connectivity index (χ3n) is 7.79. The fourth-order valence-electron chi connectivity index (χ4n) is 5.34. The Kier molecular flexibility index (Phi) is 9.10. The highest BCUT2D eigenvalue weighted by molar-refractivity contribution is 7.18. The Morgan fingerprint density at radius 3 is 2.47 bits per heavy atom. The van der Waals surface area contributed by atoms with Crippen LogP contribution < -0.4 is 15.4 Å². The average molecular weight is 748 g/mol. The van der Waals surface area contributed by atoms with E-state index < -0.39 is 29.4 Å². The molecule has 15 heteroatoms. The monoisotopic (exact) mass is 746 g/mol. The van der Waals surface area contributed by atoms with Gasteiger partial charge in [-0.3, -0.25) is 9.59 Å². The maximum atomic E-state index is 13.9. The number of aromatic nitrogens is 4. The molecule has 0 bridgehead atoms. The number of halogens is 5. The van der Waals surface area contributed by atoms with Gasteiger partial charge in [-0.05, 0) is 66.4 Å². The van der Waals surface area contributed by atoms with Crippen LogP contribution in [0.2, 0.25) is 10.0 Å². The lowest BCUT2D eigenvalue weighted by molar-refractivity contribution is -0.141. The van der Waals surface area contributed by atoms with Crippen LogP contribution in [0.5, 0.6) is 5.75 Å². The van der Waals surface area contributed by atoms with E-state index in [2.05, 4.69) is 25.7 Å². The van der Waals surface area contributed by atoms with Gasteiger partial charge in [-0.2, -0.15) is 18.3 Å². The van der Waals surface area contributed by atoms with Crippen LogP contribution in [0.3, 0.4) is 0 Å². The highest BCUT2D eigenvalue weighted by Crippen LogP contribution is 2.37. The average Bonchev–Trinajstić information content (AvgIpc) is 3.75. The first kappa shape index (κ1) is 34.0. The highest BCUT2D eigenvalue weighted by atomic mass is 35.5. The smallest absolute Gasteiger partial charge is 0.435 e. The van der Waals surface area contributed by atoms with Crippen molar-refractivity contribution in [2.45, 2.75) is 19.7 Å². The van der Waals surface area contributed by atoms with Crippen molar-refractivity contribution in [2.75, 3.05) is 10.6 Å². The van der Waals surface area contributed by atoms with Gasteiger partial charge in [0.2, 0.25) is 0 Å². The topological polar surface area (TPSA) is 111 Å². The van der Waals surface area contributed by atoms with E-state index in [0.717, 1.165) is 15.2 Å². The molecule has 0 unspecified atom stereocenters. The zero-order valence-electron chi connectivity index (χ0n) is 26.3. The van der Waals surface area contributed by atoms with Crippen LogP contribution in [-0.2, 0) is 12.8 Å². The predicted octanol–water partition coefficient (Wildman–Crippen LogP) is 9.75. The number of hydrogen-bond donors (Lipinski definition) is 2. The molecule has 0 aliphatic rings. The van der Waals surface area contributed by atoms with Crippen molar-refractivity contribution in [2.24, 2.45) is 0 Å². The van der Waals surface area contributed by atoms with E-state index in [9.17, 15) is 22.8 Å². The second kappa shape index (κ2) is 13.7. The van der Waals surface area contributed by atoms with E-state index in [1.165, 1.54) is 24.4 Å². The molecular weight excluding hydrogens is 724 g/mol. The largest absolute Gasteiger partial charge is 0.486 e. The Hall–Kier alpha value is -5.50. The van der Waals surface area contributed by atoms with Gasteiger partial charge in [0.1, 0.15) is 23.1 Å². The van der Waals surface area contributed by atoms with Crippen LogP contribution in [0.15, 0.2) is 97.2 Å². The number of rotatable bonds is 8. The van der Waals surface area contributed by atoms with Gasteiger partial charge in [0, 0.05) is 23.3 Å². The lowest BCUT2D eigenvalue weighted by Crippen LogP contribution is -2.21. The summed E-state index contributed by atoms with van der Waals surface area (Å²) in [5, 5.41) is 10.8. The van der Waals surface area contributed by atoms with E-state index in [4.69, 9.17) is 27.9 Å². The number of anilines is 2. The summed E-state index contributed by atoms with van der Waals surface area (Å²) >= 11 is 14.6. The summed E-state index contributed by atoms with van der Waals surface area (Å²) in [6.07, 6.45) is -3.59. The number of thiazole rings is 1. The first-order chi connectivity index (χ1) is 24.5. The van der Waals surface area contributed by atoms with Crippen LogP contribution in [0.25, 0.3) is 26.8 Å². The van der Waals surface area contributed by atoms with E-state index >= 15 is 0 Å². The number of carbonyl (C=O) groups excluding carboxylic acids is 2. The Bertz CT molecular complexity index is 2450. The van der Waals surface area contributed by atoms with Crippen LogP contribution in [0.1, 0.15) is 37.1 Å². The predicted molar refractivity (Wildman–Crippen MR) is 191 cm³/mol. The van der Waals surface area contributed by atoms with Gasteiger partial charge < -0.3 is 15.4 Å². The third kappa shape index (κ3) is 6.96.